The molecule has 0 saturated heterocycles. The summed E-state index contributed by atoms with van der Waals surface area (Å²) < 4.78 is 0. The second-order valence-electron chi connectivity index (χ2n) is 6.79. The maximum atomic E-state index is 12.7. The van der Waals surface area contributed by atoms with Crippen molar-refractivity contribution >= 4 is 11.6 Å². The van der Waals surface area contributed by atoms with Gasteiger partial charge in [-0.3, -0.25) is 4.79 Å². The van der Waals surface area contributed by atoms with Crippen LogP contribution in [0.1, 0.15) is 54.6 Å². The van der Waals surface area contributed by atoms with E-state index in [1.54, 1.807) is 0 Å². The molecule has 3 rings (SSSR count). The zero-order valence-electron chi connectivity index (χ0n) is 14.9. The van der Waals surface area contributed by atoms with Crippen LogP contribution in [0, 0.1) is 19.3 Å². The van der Waals surface area contributed by atoms with E-state index in [1.165, 1.54) is 11.1 Å². The van der Waals surface area contributed by atoms with E-state index in [4.69, 9.17) is 12.2 Å². The maximum absolute atomic E-state index is 12.7. The second-order valence-corrected chi connectivity index (χ2v) is 6.79. The first-order chi connectivity index (χ1) is 12.1. The number of nitrogens with two attached hydrogens (primary N) is 1. The molecule has 1 aromatic carbocycles. The van der Waals surface area contributed by atoms with Crippen LogP contribution in [0.4, 0.5) is 5.69 Å². The lowest BCUT2D eigenvalue weighted by Crippen LogP contribution is -2.47. The molecule has 3 N–H and O–H groups in total. The van der Waals surface area contributed by atoms with Gasteiger partial charge in [-0.1, -0.05) is 31.9 Å². The Bertz CT molecular complexity index is 798. The molecule has 2 heterocycles. The third-order valence-electron chi connectivity index (χ3n) is 5.13. The average Bonchev–Trinajstić information content (AvgIpc) is 2.99. The molecule has 1 amide bonds. The number of aromatic amines is 1. The van der Waals surface area contributed by atoms with Crippen molar-refractivity contribution in [2.45, 2.75) is 51.6 Å². The van der Waals surface area contributed by atoms with E-state index in [9.17, 15) is 4.79 Å². The Morgan fingerprint density at radius 1 is 1.40 bits per heavy atom. The number of H-pyrrole nitrogens is 1. The molecule has 1 aromatic heterocycles. The Balaban J connectivity index is 2.12. The predicted octanol–water partition coefficient (Wildman–Crippen LogP) is 3.57. The first kappa shape index (κ1) is 17.2. The standard InChI is InChI=1S/C21H25N3O/c1-4-6-7-17-12-18-14(3)13-23-20(18)21(24(17)19(25)5-2)15-8-10-16(22)11-9-15/h2,8-11,13,17,21,23H,4,6-7,12,22H2,1,3H3/t17-,21-/m0/s1. The van der Waals surface area contributed by atoms with Crippen LogP contribution in [0.3, 0.4) is 0 Å². The number of benzene rings is 1. The van der Waals surface area contributed by atoms with Crippen molar-refractivity contribution in [3.8, 4) is 12.3 Å². The van der Waals surface area contributed by atoms with Crippen LogP contribution < -0.4 is 5.73 Å². The molecule has 0 unspecified atom stereocenters. The van der Waals surface area contributed by atoms with E-state index < -0.39 is 0 Å². The highest BCUT2D eigenvalue weighted by atomic mass is 16.2. The van der Waals surface area contributed by atoms with Crippen LogP contribution in [-0.4, -0.2) is 21.8 Å². The van der Waals surface area contributed by atoms with Crippen molar-refractivity contribution in [2.75, 3.05) is 5.73 Å². The van der Waals surface area contributed by atoms with E-state index in [2.05, 4.69) is 24.8 Å². The Morgan fingerprint density at radius 2 is 2.12 bits per heavy atom. The first-order valence-electron chi connectivity index (χ1n) is 8.87. The van der Waals surface area contributed by atoms with E-state index in [0.717, 1.165) is 36.9 Å². The number of terminal acetylenes is 1. The summed E-state index contributed by atoms with van der Waals surface area (Å²) >= 11 is 0. The number of carbonyl (C=O) groups is 1. The SMILES string of the molecule is C#CC(=O)N1[C@@H](CCCC)Cc2c(C)c[nH]c2[C@@H]1c1ccc(N)cc1. The van der Waals surface area contributed by atoms with Crippen LogP contribution >= 0.6 is 0 Å². The molecule has 2 atom stereocenters. The highest BCUT2D eigenvalue weighted by molar-refractivity contribution is 5.94. The minimum Gasteiger partial charge on any atom is -0.399 e. The highest BCUT2D eigenvalue weighted by Gasteiger charge is 2.39. The summed E-state index contributed by atoms with van der Waals surface area (Å²) in [5, 5.41) is 0. The van der Waals surface area contributed by atoms with E-state index in [0.29, 0.717) is 5.69 Å². The molecular formula is C21H25N3O. The molecule has 4 heteroatoms. The maximum Gasteiger partial charge on any atom is 0.299 e. The Morgan fingerprint density at radius 3 is 2.76 bits per heavy atom. The lowest BCUT2D eigenvalue weighted by molar-refractivity contribution is -0.130. The molecule has 1 aliphatic heterocycles. The number of anilines is 1. The third kappa shape index (κ3) is 3.15. The molecule has 0 radical (unpaired) electrons. The summed E-state index contributed by atoms with van der Waals surface area (Å²) in [6.45, 7) is 4.28. The number of fused-ring (bicyclic) bond motifs is 1. The topological polar surface area (TPSA) is 62.1 Å². The summed E-state index contributed by atoms with van der Waals surface area (Å²) in [4.78, 5) is 17.9. The Hall–Kier alpha value is -2.67. The Kier molecular flexibility index (Phi) is 4.85. The minimum atomic E-state index is -0.249. The van der Waals surface area contributed by atoms with Gasteiger partial charge < -0.3 is 15.6 Å². The van der Waals surface area contributed by atoms with Crippen molar-refractivity contribution in [3.05, 3.63) is 52.8 Å². The summed E-state index contributed by atoms with van der Waals surface area (Å²) in [7, 11) is 0. The van der Waals surface area contributed by atoms with Gasteiger partial charge in [-0.15, -0.1) is 6.42 Å². The summed E-state index contributed by atoms with van der Waals surface area (Å²) in [5.41, 5.74) is 11.2. The fourth-order valence-corrected chi connectivity index (χ4v) is 3.82. The van der Waals surface area contributed by atoms with Crippen LogP contribution in [0.2, 0.25) is 0 Å². The number of nitrogens with zero attached hydrogens (tertiary/aromatic N) is 1. The molecule has 0 bridgehead atoms. The molecule has 4 nitrogen and oxygen atoms in total. The molecule has 1 aliphatic rings. The lowest BCUT2D eigenvalue weighted by Gasteiger charge is -2.41. The second kappa shape index (κ2) is 7.06. The van der Waals surface area contributed by atoms with Crippen molar-refractivity contribution < 1.29 is 4.79 Å². The molecule has 130 valence electrons. The number of carbonyl (C=O) groups excluding carboxylic acids is 1. The van der Waals surface area contributed by atoms with Crippen molar-refractivity contribution in [2.24, 2.45) is 0 Å². The molecule has 0 spiro atoms. The number of rotatable bonds is 4. The van der Waals surface area contributed by atoms with Crippen LogP contribution in [0.5, 0.6) is 0 Å². The summed E-state index contributed by atoms with van der Waals surface area (Å²) in [6.07, 6.45) is 11.5. The van der Waals surface area contributed by atoms with Gasteiger partial charge in [0.2, 0.25) is 0 Å². The number of aryl methyl sites for hydroxylation is 1. The number of hydrogen-bond donors (Lipinski definition) is 2. The monoisotopic (exact) mass is 335 g/mol. The van der Waals surface area contributed by atoms with E-state index >= 15 is 0 Å². The number of amides is 1. The minimum absolute atomic E-state index is 0.119. The third-order valence-corrected chi connectivity index (χ3v) is 5.13. The predicted molar refractivity (Wildman–Crippen MR) is 101 cm³/mol. The van der Waals surface area contributed by atoms with Crippen molar-refractivity contribution in [1.29, 1.82) is 0 Å². The summed E-state index contributed by atoms with van der Waals surface area (Å²) in [5.74, 6) is 2.09. The molecule has 0 saturated carbocycles. The smallest absolute Gasteiger partial charge is 0.299 e. The summed E-state index contributed by atoms with van der Waals surface area (Å²) in [6, 6.07) is 7.65. The van der Waals surface area contributed by atoms with Gasteiger partial charge >= 0.3 is 0 Å². The molecule has 25 heavy (non-hydrogen) atoms. The quantitative estimate of drug-likeness (QED) is 0.663. The van der Waals surface area contributed by atoms with Crippen molar-refractivity contribution in [1.82, 2.24) is 9.88 Å². The number of aromatic nitrogens is 1. The van der Waals surface area contributed by atoms with Crippen LogP contribution in [0.25, 0.3) is 0 Å². The van der Waals surface area contributed by atoms with Gasteiger partial charge in [0.05, 0.1) is 6.04 Å². The van der Waals surface area contributed by atoms with Crippen molar-refractivity contribution in [3.63, 3.8) is 0 Å². The average molecular weight is 335 g/mol. The van der Waals surface area contributed by atoms with Crippen LogP contribution in [-0.2, 0) is 11.2 Å². The van der Waals surface area contributed by atoms with Gasteiger partial charge in [-0.05, 0) is 54.5 Å². The number of nitrogens with one attached hydrogen (secondary N) is 1. The van der Waals surface area contributed by atoms with Gasteiger partial charge in [-0.2, -0.15) is 0 Å². The van der Waals surface area contributed by atoms with Gasteiger partial charge in [0.15, 0.2) is 0 Å². The Labute approximate surface area is 149 Å². The van der Waals surface area contributed by atoms with E-state index in [-0.39, 0.29) is 18.0 Å². The number of unbranched alkanes of at least 4 members (excludes halogenated alkanes) is 1. The lowest BCUT2D eigenvalue weighted by atomic mass is 9.86. The largest absolute Gasteiger partial charge is 0.399 e. The molecule has 0 fully saturated rings. The fourth-order valence-electron chi connectivity index (χ4n) is 3.82. The molecular weight excluding hydrogens is 310 g/mol. The van der Waals surface area contributed by atoms with Gasteiger partial charge in [-0.25, -0.2) is 0 Å². The van der Waals surface area contributed by atoms with Gasteiger partial charge in [0, 0.05) is 23.6 Å². The van der Waals surface area contributed by atoms with Gasteiger partial charge in [0.25, 0.3) is 5.91 Å². The normalized spacial score (nSPS) is 19.3. The highest BCUT2D eigenvalue weighted by Crippen LogP contribution is 2.40. The fraction of sp³-hybridized carbons (Fsp3) is 0.381. The molecule has 0 aliphatic carbocycles. The van der Waals surface area contributed by atoms with E-state index in [1.807, 2.05) is 35.4 Å². The van der Waals surface area contributed by atoms with Crippen LogP contribution in [0.15, 0.2) is 30.5 Å². The van der Waals surface area contributed by atoms with Gasteiger partial charge in [0.1, 0.15) is 0 Å². The zero-order chi connectivity index (χ0) is 18.0. The number of hydrogen-bond acceptors (Lipinski definition) is 2. The number of nitrogen functional groups attached to an aromatic ring is 1. The molecule has 2 aromatic rings. The first-order valence-corrected chi connectivity index (χ1v) is 8.87. The zero-order valence-corrected chi connectivity index (χ0v) is 14.9.